The molecule has 0 amide bonds. The van der Waals surface area contributed by atoms with Gasteiger partial charge in [0, 0.05) is 16.6 Å². The molecule has 2 heteroatoms. The summed E-state index contributed by atoms with van der Waals surface area (Å²) in [6.07, 6.45) is 6.84. The highest BCUT2D eigenvalue weighted by Gasteiger charge is 2.14. The molecule has 0 atom stereocenters. The van der Waals surface area contributed by atoms with Crippen LogP contribution >= 0.6 is 11.6 Å². The van der Waals surface area contributed by atoms with Gasteiger partial charge < -0.3 is 0 Å². The number of aryl methyl sites for hydroxylation is 1. The molecule has 0 spiro atoms. The first kappa shape index (κ1) is 19.4. The van der Waals surface area contributed by atoms with Crippen LogP contribution in [0, 0.1) is 0 Å². The number of hydrogen-bond acceptors (Lipinski definition) is 1. The first-order chi connectivity index (χ1) is 14.2. The molecule has 0 saturated heterocycles. The average Bonchev–Trinajstić information content (AvgIpc) is 2.76. The standard InChI is InChI=1S/C27H24ClN/c1-3-5-11-24-23-15-14-20(19-9-8-10-21(28)17-19)18-26(23)22-12-6-7-13-25(22)27(24)29-16-4-2/h4,6-10,12-18H,2-3,5,11H2,1H3/b29-16-. The number of fused-ring (bicyclic) bond motifs is 3. The van der Waals surface area contributed by atoms with Gasteiger partial charge in [0.05, 0.1) is 5.69 Å². The largest absolute Gasteiger partial charge is 0.256 e. The summed E-state index contributed by atoms with van der Waals surface area (Å²) in [6, 6.07) is 23.3. The van der Waals surface area contributed by atoms with E-state index in [2.05, 4.69) is 62.0 Å². The Kier molecular flexibility index (Phi) is 5.78. The summed E-state index contributed by atoms with van der Waals surface area (Å²) in [4.78, 5) is 4.79. The molecule has 0 heterocycles. The zero-order valence-corrected chi connectivity index (χ0v) is 17.4. The zero-order chi connectivity index (χ0) is 20.2. The van der Waals surface area contributed by atoms with Crippen molar-refractivity contribution in [1.82, 2.24) is 0 Å². The molecule has 0 bridgehead atoms. The normalized spacial score (nSPS) is 11.5. The van der Waals surface area contributed by atoms with Crippen molar-refractivity contribution in [3.05, 3.63) is 90.0 Å². The van der Waals surface area contributed by atoms with Gasteiger partial charge in [-0.15, -0.1) is 0 Å². The second-order valence-corrected chi connectivity index (χ2v) is 7.70. The molecule has 0 aliphatic carbocycles. The fourth-order valence-corrected chi connectivity index (χ4v) is 4.16. The van der Waals surface area contributed by atoms with Crippen molar-refractivity contribution in [3.63, 3.8) is 0 Å². The van der Waals surface area contributed by atoms with E-state index in [1.807, 2.05) is 18.2 Å². The summed E-state index contributed by atoms with van der Waals surface area (Å²) in [5, 5.41) is 5.71. The first-order valence-corrected chi connectivity index (χ1v) is 10.5. The molecule has 0 N–H and O–H groups in total. The van der Waals surface area contributed by atoms with E-state index in [-0.39, 0.29) is 0 Å². The molecule has 1 nitrogen and oxygen atoms in total. The minimum atomic E-state index is 0.755. The Labute approximate surface area is 177 Å². The number of allylic oxidation sites excluding steroid dienone is 1. The highest BCUT2D eigenvalue weighted by Crippen LogP contribution is 2.40. The van der Waals surface area contributed by atoms with Crippen molar-refractivity contribution in [2.75, 3.05) is 0 Å². The number of rotatable bonds is 6. The number of halogens is 1. The Bertz CT molecular complexity index is 1220. The molecule has 0 aliphatic rings. The van der Waals surface area contributed by atoms with Gasteiger partial charge >= 0.3 is 0 Å². The Balaban J connectivity index is 2.05. The Morgan fingerprint density at radius 1 is 0.862 bits per heavy atom. The lowest BCUT2D eigenvalue weighted by atomic mass is 9.90. The van der Waals surface area contributed by atoms with Crippen LogP contribution in [0.15, 0.2) is 84.4 Å². The lowest BCUT2D eigenvalue weighted by Gasteiger charge is -2.16. The number of hydrogen-bond donors (Lipinski definition) is 0. The first-order valence-electron chi connectivity index (χ1n) is 10.1. The van der Waals surface area contributed by atoms with Crippen LogP contribution in [0.3, 0.4) is 0 Å². The van der Waals surface area contributed by atoms with Crippen molar-refractivity contribution >= 4 is 45.0 Å². The van der Waals surface area contributed by atoms with Crippen molar-refractivity contribution in [2.45, 2.75) is 26.2 Å². The topological polar surface area (TPSA) is 12.4 Å². The van der Waals surface area contributed by atoms with Crippen LogP contribution in [0.25, 0.3) is 32.7 Å². The minimum Gasteiger partial charge on any atom is -0.256 e. The number of unbranched alkanes of at least 4 members (excludes halogenated alkanes) is 1. The molecule has 0 radical (unpaired) electrons. The van der Waals surface area contributed by atoms with Crippen LogP contribution in [0.1, 0.15) is 25.3 Å². The zero-order valence-electron chi connectivity index (χ0n) is 16.7. The van der Waals surface area contributed by atoms with E-state index in [0.717, 1.165) is 35.5 Å². The van der Waals surface area contributed by atoms with Crippen molar-refractivity contribution in [3.8, 4) is 11.1 Å². The highest BCUT2D eigenvalue weighted by atomic mass is 35.5. The van der Waals surface area contributed by atoms with Gasteiger partial charge in [-0.2, -0.15) is 0 Å². The van der Waals surface area contributed by atoms with E-state index in [9.17, 15) is 0 Å². The van der Waals surface area contributed by atoms with E-state index in [0.29, 0.717) is 0 Å². The van der Waals surface area contributed by atoms with Crippen molar-refractivity contribution in [2.24, 2.45) is 4.99 Å². The molecule has 0 unspecified atom stereocenters. The molecule has 4 rings (SSSR count). The number of benzene rings is 4. The third-order valence-electron chi connectivity index (χ3n) is 5.35. The molecular weight excluding hydrogens is 374 g/mol. The predicted octanol–water partition coefficient (Wildman–Crippen LogP) is 8.54. The van der Waals surface area contributed by atoms with Crippen LogP contribution < -0.4 is 0 Å². The maximum Gasteiger partial charge on any atom is 0.0746 e. The summed E-state index contributed by atoms with van der Waals surface area (Å²) in [5.41, 5.74) is 4.69. The summed E-state index contributed by atoms with van der Waals surface area (Å²) in [5.74, 6) is 0. The van der Waals surface area contributed by atoms with Gasteiger partial charge in [0.1, 0.15) is 0 Å². The molecule has 0 aliphatic heterocycles. The third kappa shape index (κ3) is 3.83. The van der Waals surface area contributed by atoms with Crippen LogP contribution in [0.2, 0.25) is 5.02 Å². The summed E-state index contributed by atoms with van der Waals surface area (Å²) in [6.45, 7) is 6.03. The second-order valence-electron chi connectivity index (χ2n) is 7.26. The fourth-order valence-electron chi connectivity index (χ4n) is 3.97. The minimum absolute atomic E-state index is 0.755. The van der Waals surface area contributed by atoms with E-state index in [4.69, 9.17) is 16.6 Å². The van der Waals surface area contributed by atoms with E-state index in [1.165, 1.54) is 32.7 Å². The van der Waals surface area contributed by atoms with Crippen molar-refractivity contribution < 1.29 is 0 Å². The van der Waals surface area contributed by atoms with Gasteiger partial charge in [-0.25, -0.2) is 0 Å². The Morgan fingerprint density at radius 3 is 2.41 bits per heavy atom. The monoisotopic (exact) mass is 397 g/mol. The van der Waals surface area contributed by atoms with Crippen LogP contribution in [-0.2, 0) is 6.42 Å². The van der Waals surface area contributed by atoms with Gasteiger partial charge in [-0.1, -0.05) is 86.1 Å². The molecular formula is C27H24ClN. The van der Waals surface area contributed by atoms with Gasteiger partial charge in [0.15, 0.2) is 0 Å². The van der Waals surface area contributed by atoms with Gasteiger partial charge in [0.25, 0.3) is 0 Å². The summed E-state index contributed by atoms with van der Waals surface area (Å²) in [7, 11) is 0. The quantitative estimate of drug-likeness (QED) is 0.228. The van der Waals surface area contributed by atoms with Crippen LogP contribution in [0.4, 0.5) is 5.69 Å². The van der Waals surface area contributed by atoms with E-state index < -0.39 is 0 Å². The SMILES string of the molecule is C=C/C=N\c1c(CCCC)c2ccc(-c3cccc(Cl)c3)cc2c2ccccc12. The van der Waals surface area contributed by atoms with Gasteiger partial charge in [-0.05, 0) is 63.9 Å². The maximum absolute atomic E-state index is 6.24. The number of aliphatic imine (C=N–C) groups is 1. The third-order valence-corrected chi connectivity index (χ3v) is 5.59. The molecule has 4 aromatic carbocycles. The van der Waals surface area contributed by atoms with Crippen LogP contribution in [-0.4, -0.2) is 6.21 Å². The average molecular weight is 398 g/mol. The lowest BCUT2D eigenvalue weighted by Crippen LogP contribution is -1.92. The number of nitrogens with zero attached hydrogens (tertiary/aromatic N) is 1. The highest BCUT2D eigenvalue weighted by molar-refractivity contribution is 6.30. The molecule has 29 heavy (non-hydrogen) atoms. The molecule has 0 saturated carbocycles. The van der Waals surface area contributed by atoms with Gasteiger partial charge in [0.2, 0.25) is 0 Å². The molecule has 144 valence electrons. The fraction of sp³-hybridized carbons (Fsp3) is 0.148. The van der Waals surface area contributed by atoms with E-state index in [1.54, 1.807) is 12.3 Å². The van der Waals surface area contributed by atoms with E-state index >= 15 is 0 Å². The Hall–Kier alpha value is -2.90. The molecule has 0 fully saturated rings. The molecule has 0 aromatic heterocycles. The van der Waals surface area contributed by atoms with Crippen molar-refractivity contribution in [1.29, 1.82) is 0 Å². The van der Waals surface area contributed by atoms with Gasteiger partial charge in [-0.3, -0.25) is 4.99 Å². The second kappa shape index (κ2) is 8.63. The maximum atomic E-state index is 6.24. The lowest BCUT2D eigenvalue weighted by molar-refractivity contribution is 0.800. The molecule has 4 aromatic rings. The predicted molar refractivity (Wildman–Crippen MR) is 129 cm³/mol. The smallest absolute Gasteiger partial charge is 0.0746 e. The Morgan fingerprint density at radius 2 is 1.66 bits per heavy atom. The summed E-state index contributed by atoms with van der Waals surface area (Å²) < 4.78 is 0. The summed E-state index contributed by atoms with van der Waals surface area (Å²) >= 11 is 6.24. The van der Waals surface area contributed by atoms with Crippen LogP contribution in [0.5, 0.6) is 0 Å².